The molecular weight excluding hydrogens is 436 g/mol. The normalized spacial score (nSPS) is 16.7. The Balaban J connectivity index is 1.41. The lowest BCUT2D eigenvalue weighted by molar-refractivity contribution is -0.116. The number of hydrogen-bond acceptors (Lipinski definition) is 3. The number of benzene rings is 1. The number of carbonyl (C=O) groups excluding carboxylic acids is 2. The molecule has 0 spiro atoms. The Kier molecular flexibility index (Phi) is 9.03. The second kappa shape index (κ2) is 11.8. The van der Waals surface area contributed by atoms with E-state index in [1.807, 2.05) is 17.0 Å². The molecular formula is C29H44N4O2. The first-order chi connectivity index (χ1) is 16.5. The summed E-state index contributed by atoms with van der Waals surface area (Å²) in [7, 11) is 0. The summed E-state index contributed by atoms with van der Waals surface area (Å²) in [6, 6.07) is 8.06. The van der Waals surface area contributed by atoms with Crippen LogP contribution in [0.3, 0.4) is 0 Å². The minimum atomic E-state index is -0.239. The Labute approximate surface area is 211 Å². The summed E-state index contributed by atoms with van der Waals surface area (Å²) in [5.74, 6) is 0.0622. The van der Waals surface area contributed by atoms with Gasteiger partial charge in [0.25, 0.3) is 0 Å². The Morgan fingerprint density at radius 2 is 1.63 bits per heavy atom. The molecule has 0 saturated carbocycles. The van der Waals surface area contributed by atoms with Crippen molar-refractivity contribution in [2.24, 2.45) is 5.41 Å². The van der Waals surface area contributed by atoms with Crippen LogP contribution in [0.4, 0.5) is 16.2 Å². The number of rotatable bonds is 8. The zero-order valence-electron chi connectivity index (χ0n) is 22.3. The highest BCUT2D eigenvalue weighted by Crippen LogP contribution is 2.27. The minimum absolute atomic E-state index is 0.0211. The zero-order chi connectivity index (χ0) is 25.5. The maximum absolute atomic E-state index is 12.8. The van der Waals surface area contributed by atoms with Gasteiger partial charge in [0, 0.05) is 49.5 Å². The molecule has 1 aromatic rings. The maximum Gasteiger partial charge on any atom is 0.317 e. The standard InChI is InChI=1S/C29H44N4O2/c1-28(2,3)22-29(4,5)31-27(35)33-20-18-32(19-21-33)25-16-14-24(15-17-25)30-26(34)13-9-12-23-10-7-6-8-11-23/h7,10-11,14-17H,6,8-9,12-13,18-22H2,1-5H3,(H,30,34)(H,31,35). The highest BCUT2D eigenvalue weighted by atomic mass is 16.2. The van der Waals surface area contributed by atoms with Gasteiger partial charge in [0.15, 0.2) is 0 Å². The molecule has 1 aliphatic heterocycles. The van der Waals surface area contributed by atoms with Crippen molar-refractivity contribution in [1.82, 2.24) is 10.2 Å². The first-order valence-corrected chi connectivity index (χ1v) is 13.1. The van der Waals surface area contributed by atoms with E-state index in [0.717, 1.165) is 56.6 Å². The predicted molar refractivity (Wildman–Crippen MR) is 146 cm³/mol. The van der Waals surface area contributed by atoms with Crippen LogP contribution in [0.1, 0.15) is 73.1 Å². The van der Waals surface area contributed by atoms with Crippen molar-refractivity contribution < 1.29 is 9.59 Å². The van der Waals surface area contributed by atoms with Gasteiger partial charge in [-0.25, -0.2) is 4.79 Å². The number of nitrogens with one attached hydrogen (secondary N) is 2. The van der Waals surface area contributed by atoms with E-state index in [4.69, 9.17) is 0 Å². The lowest BCUT2D eigenvalue weighted by Crippen LogP contribution is -2.56. The molecule has 0 unspecified atom stereocenters. The number of allylic oxidation sites excluding steroid dienone is 4. The summed E-state index contributed by atoms with van der Waals surface area (Å²) in [4.78, 5) is 29.3. The van der Waals surface area contributed by atoms with Crippen LogP contribution in [0.15, 0.2) is 48.1 Å². The predicted octanol–water partition coefficient (Wildman–Crippen LogP) is 6.12. The van der Waals surface area contributed by atoms with E-state index in [2.05, 4.69) is 80.5 Å². The Hall–Kier alpha value is -2.76. The average Bonchev–Trinajstić information content (AvgIpc) is 2.78. The quantitative estimate of drug-likeness (QED) is 0.471. The number of carbonyl (C=O) groups is 2. The van der Waals surface area contributed by atoms with Crippen LogP contribution >= 0.6 is 0 Å². The SMILES string of the molecule is CC(C)(C)CC(C)(C)NC(=O)N1CCN(c2ccc(NC(=O)CCCC3=CCCC=C3)cc2)CC1. The fourth-order valence-electron chi connectivity index (χ4n) is 5.19. The lowest BCUT2D eigenvalue weighted by atomic mass is 9.82. The number of anilines is 2. The van der Waals surface area contributed by atoms with Crippen molar-refractivity contribution >= 4 is 23.3 Å². The van der Waals surface area contributed by atoms with Crippen molar-refractivity contribution in [2.45, 2.75) is 78.7 Å². The van der Waals surface area contributed by atoms with Crippen molar-refractivity contribution in [3.05, 3.63) is 48.1 Å². The van der Waals surface area contributed by atoms with Gasteiger partial charge in [-0.2, -0.15) is 0 Å². The summed E-state index contributed by atoms with van der Waals surface area (Å²) >= 11 is 0. The van der Waals surface area contributed by atoms with Gasteiger partial charge in [0.2, 0.25) is 5.91 Å². The molecule has 6 nitrogen and oxygen atoms in total. The van der Waals surface area contributed by atoms with E-state index in [-0.39, 0.29) is 22.9 Å². The van der Waals surface area contributed by atoms with Gasteiger partial charge in [0.05, 0.1) is 0 Å². The number of nitrogens with zero attached hydrogens (tertiary/aromatic N) is 2. The number of piperazine rings is 1. The third-order valence-corrected chi connectivity index (χ3v) is 6.44. The molecule has 3 amide bonds. The average molecular weight is 481 g/mol. The van der Waals surface area contributed by atoms with Crippen LogP contribution in [-0.4, -0.2) is 48.6 Å². The van der Waals surface area contributed by atoms with Crippen LogP contribution < -0.4 is 15.5 Å². The zero-order valence-corrected chi connectivity index (χ0v) is 22.3. The van der Waals surface area contributed by atoms with Crippen LogP contribution in [0.2, 0.25) is 0 Å². The number of hydrogen-bond donors (Lipinski definition) is 2. The molecule has 0 aromatic heterocycles. The molecule has 35 heavy (non-hydrogen) atoms. The first-order valence-electron chi connectivity index (χ1n) is 13.1. The first kappa shape index (κ1) is 26.8. The largest absolute Gasteiger partial charge is 0.368 e. The van der Waals surface area contributed by atoms with Gasteiger partial charge in [0.1, 0.15) is 0 Å². The van der Waals surface area contributed by atoms with Gasteiger partial charge in [-0.15, -0.1) is 0 Å². The van der Waals surface area contributed by atoms with Crippen molar-refractivity contribution in [3.63, 3.8) is 0 Å². The number of amides is 3. The molecule has 0 radical (unpaired) electrons. The van der Waals surface area contributed by atoms with Crippen molar-refractivity contribution in [3.8, 4) is 0 Å². The summed E-state index contributed by atoms with van der Waals surface area (Å²) in [5.41, 5.74) is 3.21. The Morgan fingerprint density at radius 1 is 0.943 bits per heavy atom. The van der Waals surface area contributed by atoms with Gasteiger partial charge >= 0.3 is 6.03 Å². The number of urea groups is 1. The van der Waals surface area contributed by atoms with Crippen LogP contribution in [0.5, 0.6) is 0 Å². The topological polar surface area (TPSA) is 64.7 Å². The molecule has 1 fully saturated rings. The molecule has 192 valence electrons. The fourth-order valence-corrected chi connectivity index (χ4v) is 5.19. The summed E-state index contributed by atoms with van der Waals surface area (Å²) in [6.45, 7) is 13.8. The van der Waals surface area contributed by atoms with Crippen LogP contribution in [0, 0.1) is 5.41 Å². The van der Waals surface area contributed by atoms with E-state index in [9.17, 15) is 9.59 Å². The van der Waals surface area contributed by atoms with Gasteiger partial charge < -0.3 is 20.4 Å². The third kappa shape index (κ3) is 9.08. The molecule has 1 saturated heterocycles. The van der Waals surface area contributed by atoms with Gasteiger partial charge in [-0.1, -0.05) is 44.6 Å². The Bertz CT molecular complexity index is 917. The van der Waals surface area contributed by atoms with E-state index in [1.165, 1.54) is 5.57 Å². The highest BCUT2D eigenvalue weighted by Gasteiger charge is 2.30. The van der Waals surface area contributed by atoms with E-state index >= 15 is 0 Å². The summed E-state index contributed by atoms with van der Waals surface area (Å²) in [6.07, 6.45) is 12.2. The van der Waals surface area contributed by atoms with Crippen molar-refractivity contribution in [1.29, 1.82) is 0 Å². The van der Waals surface area contributed by atoms with Crippen LogP contribution in [-0.2, 0) is 4.79 Å². The highest BCUT2D eigenvalue weighted by molar-refractivity contribution is 5.90. The molecule has 2 aliphatic rings. The molecule has 3 rings (SSSR count). The monoisotopic (exact) mass is 480 g/mol. The van der Waals surface area contributed by atoms with E-state index < -0.39 is 0 Å². The van der Waals surface area contributed by atoms with Gasteiger partial charge in [-0.05, 0) is 75.6 Å². The second-order valence-corrected chi connectivity index (χ2v) is 11.7. The fraction of sp³-hybridized carbons (Fsp3) is 0.586. The Morgan fingerprint density at radius 3 is 2.23 bits per heavy atom. The molecule has 6 heteroatoms. The maximum atomic E-state index is 12.8. The molecule has 0 atom stereocenters. The molecule has 2 N–H and O–H groups in total. The van der Waals surface area contributed by atoms with Gasteiger partial charge in [-0.3, -0.25) is 4.79 Å². The molecule has 1 aromatic carbocycles. The van der Waals surface area contributed by atoms with Crippen LogP contribution in [0.25, 0.3) is 0 Å². The van der Waals surface area contributed by atoms with Crippen molar-refractivity contribution in [2.75, 3.05) is 36.4 Å². The second-order valence-electron chi connectivity index (χ2n) is 11.7. The van der Waals surface area contributed by atoms with E-state index in [0.29, 0.717) is 19.5 Å². The molecule has 0 bridgehead atoms. The third-order valence-electron chi connectivity index (χ3n) is 6.44. The molecule has 1 aliphatic carbocycles. The summed E-state index contributed by atoms with van der Waals surface area (Å²) in [5, 5.41) is 6.23. The minimum Gasteiger partial charge on any atom is -0.368 e. The smallest absolute Gasteiger partial charge is 0.317 e. The van der Waals surface area contributed by atoms with E-state index in [1.54, 1.807) is 0 Å². The molecule has 1 heterocycles. The lowest BCUT2D eigenvalue weighted by Gasteiger charge is -2.39. The summed E-state index contributed by atoms with van der Waals surface area (Å²) < 4.78 is 0.